The van der Waals surface area contributed by atoms with E-state index in [-0.39, 0.29) is 0 Å². The second-order valence-corrected chi connectivity index (χ2v) is 18.5. The van der Waals surface area contributed by atoms with Crippen LogP contribution in [0.25, 0.3) is 0 Å². The van der Waals surface area contributed by atoms with E-state index in [4.69, 9.17) is 26.6 Å². The Balaban J connectivity index is 4.76. The van der Waals surface area contributed by atoms with E-state index < -0.39 is 24.0 Å². The molecule has 0 aromatic carbocycles. The Morgan fingerprint density at radius 2 is 0.968 bits per heavy atom. The van der Waals surface area contributed by atoms with E-state index in [0.717, 1.165) is 24.6 Å². The number of hydrogen-bond donors (Lipinski definition) is 0. The van der Waals surface area contributed by atoms with Crippen molar-refractivity contribution in [3.8, 4) is 0 Å². The Morgan fingerprint density at radius 3 is 1.29 bits per heavy atom. The normalized spacial score (nSPS) is 14.7. The first kappa shape index (κ1) is 31.8. The van der Waals surface area contributed by atoms with Crippen molar-refractivity contribution in [2.24, 2.45) is 0 Å². The van der Waals surface area contributed by atoms with Crippen molar-refractivity contribution in [2.45, 2.75) is 73.4 Å². The molecule has 0 aliphatic carbocycles. The molecule has 0 aromatic rings. The third-order valence-corrected chi connectivity index (χ3v) is 17.1. The largest absolute Gasteiger partial charge is 0.500 e. The molecule has 0 bridgehead atoms. The van der Waals surface area contributed by atoms with E-state index in [0.29, 0.717) is 58.0 Å². The van der Waals surface area contributed by atoms with Crippen molar-refractivity contribution in [3.63, 3.8) is 0 Å². The summed E-state index contributed by atoms with van der Waals surface area (Å²) in [6, 6.07) is 1.47. The number of hydrogen-bond acceptors (Lipinski definition) is 8. The Morgan fingerprint density at radius 1 is 0.613 bits per heavy atom. The van der Waals surface area contributed by atoms with Crippen molar-refractivity contribution in [3.05, 3.63) is 0 Å². The van der Waals surface area contributed by atoms with Crippen LogP contribution in [0.2, 0.25) is 12.1 Å². The first-order valence-corrected chi connectivity index (χ1v) is 19.4. The van der Waals surface area contributed by atoms with Gasteiger partial charge in [0.15, 0.2) is 0 Å². The fraction of sp³-hybridized carbons (Fsp3) is 1.00. The van der Waals surface area contributed by atoms with Crippen molar-refractivity contribution >= 4 is 35.3 Å². The zero-order valence-electron chi connectivity index (χ0n) is 20.9. The van der Waals surface area contributed by atoms with E-state index in [1.165, 1.54) is 0 Å². The lowest BCUT2D eigenvalue weighted by atomic mass is 10.6. The Hall–Kier alpha value is 0.774. The van der Waals surface area contributed by atoms with Gasteiger partial charge in [-0.2, -0.15) is 0 Å². The van der Waals surface area contributed by atoms with Crippen LogP contribution < -0.4 is 0 Å². The van der Waals surface area contributed by atoms with Gasteiger partial charge in [-0.3, -0.25) is 0 Å². The quantitative estimate of drug-likeness (QED) is 0.0997. The molecule has 0 fully saturated rings. The summed E-state index contributed by atoms with van der Waals surface area (Å²) in [6.07, 6.45) is 0.728. The fourth-order valence-electron chi connectivity index (χ4n) is 3.37. The van der Waals surface area contributed by atoms with E-state index in [1.54, 1.807) is 11.4 Å². The monoisotopic (exact) mass is 518 g/mol. The van der Waals surface area contributed by atoms with Gasteiger partial charge in [0.1, 0.15) is 6.34 Å². The topological polar surface area (TPSA) is 72.5 Å². The van der Waals surface area contributed by atoms with E-state index in [9.17, 15) is 4.57 Å². The highest BCUT2D eigenvalue weighted by Crippen LogP contribution is 2.59. The minimum Gasteiger partial charge on any atom is -0.374 e. The summed E-state index contributed by atoms with van der Waals surface area (Å²) in [5.41, 5.74) is 0. The second-order valence-electron chi connectivity index (χ2n) is 6.86. The Kier molecular flexibility index (Phi) is 18.6. The Bertz CT molecular complexity index is 454. The van der Waals surface area contributed by atoms with Gasteiger partial charge < -0.3 is 31.1 Å². The molecule has 0 aromatic heterocycles. The molecule has 0 radical (unpaired) electrons. The van der Waals surface area contributed by atoms with Crippen molar-refractivity contribution in [1.82, 2.24) is 0 Å². The molecule has 0 rings (SSSR count). The van der Waals surface area contributed by atoms with Crippen molar-refractivity contribution in [2.75, 3.05) is 57.7 Å². The van der Waals surface area contributed by atoms with E-state index in [1.807, 2.05) is 48.5 Å². The molecule has 31 heavy (non-hydrogen) atoms. The molecule has 7 nitrogen and oxygen atoms in total. The zero-order chi connectivity index (χ0) is 23.6. The smallest absolute Gasteiger partial charge is 0.374 e. The minimum absolute atomic E-state index is 0.567. The minimum atomic E-state index is -2.67. The SMILES string of the molecule is CCO[Si](CCCSP(=O)(CC)CCC[Si](OCC)(OCC)OCC)(OCC)OCC. The maximum atomic E-state index is 13.4. The molecular weight excluding hydrogens is 471 g/mol. The van der Waals surface area contributed by atoms with Gasteiger partial charge in [-0.05, 0) is 54.4 Å². The molecular formula is C20H47O7PSSi2. The number of rotatable bonds is 22. The maximum Gasteiger partial charge on any atom is 0.500 e. The molecule has 1 atom stereocenters. The van der Waals surface area contributed by atoms with Crippen LogP contribution in [0.3, 0.4) is 0 Å². The van der Waals surface area contributed by atoms with Gasteiger partial charge in [-0.15, -0.1) is 0 Å². The molecule has 11 heteroatoms. The average Bonchev–Trinajstić information content (AvgIpc) is 2.72. The summed E-state index contributed by atoms with van der Waals surface area (Å²) in [5, 5.41) is 0. The van der Waals surface area contributed by atoms with Crippen molar-refractivity contribution < 1.29 is 31.1 Å². The third kappa shape index (κ3) is 12.7. The van der Waals surface area contributed by atoms with Crippen LogP contribution in [0.4, 0.5) is 0 Å². The average molecular weight is 519 g/mol. The molecule has 188 valence electrons. The van der Waals surface area contributed by atoms with Gasteiger partial charge in [-0.1, -0.05) is 18.3 Å². The standard InChI is InChI=1S/C20H47O7PSSi2/c1-8-22-30(23-9-2,24-10-3)19-15-17-28(21,14-7)29-18-16-20-31(25-11-4,26-12-5)27-13-6/h8-20H2,1-7H3. The van der Waals surface area contributed by atoms with Gasteiger partial charge in [0.05, 0.1) is 0 Å². The summed E-state index contributed by atoms with van der Waals surface area (Å²) < 4.78 is 48.9. The molecule has 0 spiro atoms. The highest BCUT2D eigenvalue weighted by atomic mass is 32.7. The van der Waals surface area contributed by atoms with Gasteiger partial charge >= 0.3 is 17.6 Å². The lowest BCUT2D eigenvalue weighted by Crippen LogP contribution is -2.46. The summed E-state index contributed by atoms with van der Waals surface area (Å²) in [4.78, 5) is 0. The van der Waals surface area contributed by atoms with Gasteiger partial charge in [-0.25, -0.2) is 0 Å². The summed E-state index contributed by atoms with van der Waals surface area (Å²) >= 11 is 1.61. The molecule has 1 unspecified atom stereocenters. The van der Waals surface area contributed by atoms with Gasteiger partial charge in [0, 0.05) is 69.8 Å². The van der Waals surface area contributed by atoms with Crippen molar-refractivity contribution in [1.29, 1.82) is 0 Å². The van der Waals surface area contributed by atoms with Crippen LogP contribution in [-0.2, 0) is 31.1 Å². The summed E-state index contributed by atoms with van der Waals surface area (Å²) in [6.45, 7) is 17.3. The van der Waals surface area contributed by atoms with E-state index in [2.05, 4.69) is 0 Å². The maximum absolute atomic E-state index is 13.4. The second kappa shape index (κ2) is 18.1. The van der Waals surface area contributed by atoms with Gasteiger partial charge in [0.25, 0.3) is 0 Å². The molecule has 0 heterocycles. The Labute approximate surface area is 197 Å². The van der Waals surface area contributed by atoms with Crippen LogP contribution >= 0.6 is 17.7 Å². The van der Waals surface area contributed by atoms with Crippen LogP contribution in [0.15, 0.2) is 0 Å². The summed E-state index contributed by atoms with van der Waals surface area (Å²) in [7, 11) is -5.30. The molecule has 0 saturated heterocycles. The predicted molar refractivity (Wildman–Crippen MR) is 136 cm³/mol. The summed E-state index contributed by atoms with van der Waals surface area (Å²) in [5.74, 6) is 0.818. The molecule has 0 aliphatic heterocycles. The zero-order valence-corrected chi connectivity index (χ0v) is 24.6. The third-order valence-electron chi connectivity index (χ3n) is 4.60. The molecule has 0 saturated carbocycles. The first-order chi connectivity index (χ1) is 14.8. The fourth-order valence-corrected chi connectivity index (χ4v) is 13.7. The molecule has 0 aliphatic rings. The van der Waals surface area contributed by atoms with Gasteiger partial charge in [0.2, 0.25) is 0 Å². The highest BCUT2D eigenvalue weighted by molar-refractivity contribution is 8.58. The van der Waals surface area contributed by atoms with Crippen LogP contribution in [0.1, 0.15) is 61.3 Å². The lowest BCUT2D eigenvalue weighted by molar-refractivity contribution is 0.0704. The molecule has 0 amide bonds. The lowest BCUT2D eigenvalue weighted by Gasteiger charge is -2.29. The first-order valence-electron chi connectivity index (χ1n) is 11.9. The predicted octanol–water partition coefficient (Wildman–Crippen LogP) is 5.89. The van der Waals surface area contributed by atoms with Crippen LogP contribution in [0, 0.1) is 0 Å². The van der Waals surface area contributed by atoms with Crippen LogP contribution in [-0.4, -0.2) is 75.3 Å². The molecule has 0 N–H and O–H groups in total. The van der Waals surface area contributed by atoms with Crippen LogP contribution in [0.5, 0.6) is 0 Å². The highest BCUT2D eigenvalue weighted by Gasteiger charge is 2.41. The van der Waals surface area contributed by atoms with E-state index >= 15 is 0 Å².